The molecule has 25 heavy (non-hydrogen) atoms. The van der Waals surface area contributed by atoms with Gasteiger partial charge in [-0.05, 0) is 32.5 Å². The van der Waals surface area contributed by atoms with Crippen LogP contribution in [0.1, 0.15) is 23.7 Å². The minimum atomic E-state index is -0.173. The summed E-state index contributed by atoms with van der Waals surface area (Å²) >= 11 is 1.43. The Morgan fingerprint density at radius 3 is 2.80 bits per heavy atom. The van der Waals surface area contributed by atoms with Gasteiger partial charge in [0.2, 0.25) is 0 Å². The molecule has 0 atom stereocenters. The zero-order valence-electron chi connectivity index (χ0n) is 14.2. The van der Waals surface area contributed by atoms with E-state index in [0.29, 0.717) is 16.9 Å². The van der Waals surface area contributed by atoms with Crippen molar-refractivity contribution in [2.45, 2.75) is 13.3 Å². The maximum Gasteiger partial charge on any atom is 0.258 e. The topological polar surface area (TPSA) is 52.7 Å². The van der Waals surface area contributed by atoms with Crippen LogP contribution in [0.15, 0.2) is 46.2 Å². The number of amides is 2. The fourth-order valence-electron chi connectivity index (χ4n) is 3.47. The Labute approximate surface area is 150 Å². The molecule has 6 heteroatoms. The highest BCUT2D eigenvalue weighted by atomic mass is 32.1. The first-order chi connectivity index (χ1) is 12.1. The van der Waals surface area contributed by atoms with Crippen LogP contribution < -0.4 is 10.2 Å². The van der Waals surface area contributed by atoms with Crippen LogP contribution in [-0.4, -0.2) is 36.9 Å². The molecule has 0 spiro atoms. The normalized spacial score (nSPS) is 17.7. The van der Waals surface area contributed by atoms with E-state index < -0.39 is 0 Å². The van der Waals surface area contributed by atoms with Gasteiger partial charge in [-0.3, -0.25) is 14.5 Å². The van der Waals surface area contributed by atoms with Crippen LogP contribution in [0.25, 0.3) is 0 Å². The van der Waals surface area contributed by atoms with Crippen LogP contribution in [-0.2, 0) is 4.79 Å². The standard InChI is InChI=1S/C19H19N3O2S/c1-12-9-21(2)8-7-13(12)19(24)22-16-6-4-3-5-15(16)20-18(23)14-10-25-11-17(14)22/h3-6,10-11H,7-9H2,1-2H3,(H,20,23). The number of carbonyl (C=O) groups excluding carboxylic acids is 2. The number of carbonyl (C=O) groups is 2. The highest BCUT2D eigenvalue weighted by Crippen LogP contribution is 2.41. The number of nitrogens with zero attached hydrogens (tertiary/aromatic N) is 2. The number of likely N-dealkylation sites (N-methyl/N-ethyl adjacent to an activating group) is 1. The van der Waals surface area contributed by atoms with E-state index in [-0.39, 0.29) is 11.8 Å². The van der Waals surface area contributed by atoms with Gasteiger partial charge in [0.1, 0.15) is 0 Å². The summed E-state index contributed by atoms with van der Waals surface area (Å²) in [6.45, 7) is 3.68. The smallest absolute Gasteiger partial charge is 0.258 e. The van der Waals surface area contributed by atoms with Crippen molar-refractivity contribution in [3.05, 3.63) is 51.7 Å². The molecule has 3 heterocycles. The first-order valence-electron chi connectivity index (χ1n) is 8.24. The van der Waals surface area contributed by atoms with Gasteiger partial charge in [0.25, 0.3) is 11.8 Å². The second kappa shape index (κ2) is 6.13. The Morgan fingerprint density at radius 2 is 2.00 bits per heavy atom. The quantitative estimate of drug-likeness (QED) is 0.852. The lowest BCUT2D eigenvalue weighted by Crippen LogP contribution is -2.34. The van der Waals surface area contributed by atoms with Crippen LogP contribution in [0.5, 0.6) is 0 Å². The third-order valence-electron chi connectivity index (χ3n) is 4.75. The van der Waals surface area contributed by atoms with Gasteiger partial charge in [0, 0.05) is 29.4 Å². The molecule has 1 N–H and O–H groups in total. The van der Waals surface area contributed by atoms with Gasteiger partial charge in [-0.2, -0.15) is 0 Å². The Balaban J connectivity index is 1.87. The van der Waals surface area contributed by atoms with Crippen molar-refractivity contribution in [3.63, 3.8) is 0 Å². The van der Waals surface area contributed by atoms with Crippen molar-refractivity contribution in [2.75, 3.05) is 30.4 Å². The van der Waals surface area contributed by atoms with Crippen LogP contribution in [0.2, 0.25) is 0 Å². The molecule has 5 nitrogen and oxygen atoms in total. The van der Waals surface area contributed by atoms with Crippen molar-refractivity contribution >= 4 is 40.2 Å². The Bertz CT molecular complexity index is 900. The number of para-hydroxylation sites is 2. The molecule has 0 radical (unpaired) electrons. The maximum atomic E-state index is 13.5. The van der Waals surface area contributed by atoms with Crippen LogP contribution in [0.4, 0.5) is 17.1 Å². The predicted molar refractivity (Wildman–Crippen MR) is 101 cm³/mol. The van der Waals surface area contributed by atoms with Gasteiger partial charge in [0.15, 0.2) is 0 Å². The highest BCUT2D eigenvalue weighted by Gasteiger charge is 2.32. The first kappa shape index (κ1) is 16.1. The van der Waals surface area contributed by atoms with Gasteiger partial charge in [-0.1, -0.05) is 17.7 Å². The summed E-state index contributed by atoms with van der Waals surface area (Å²) in [7, 11) is 2.06. The van der Waals surface area contributed by atoms with Crippen LogP contribution in [0, 0.1) is 0 Å². The molecule has 1 aromatic carbocycles. The Hall–Kier alpha value is -2.44. The SMILES string of the molecule is CC1=C(C(=O)N2c3ccccc3NC(=O)c3cscc32)CCN(C)C1. The molecule has 2 aliphatic rings. The molecule has 1 aromatic heterocycles. The van der Waals surface area contributed by atoms with Gasteiger partial charge >= 0.3 is 0 Å². The van der Waals surface area contributed by atoms with E-state index in [0.717, 1.165) is 36.3 Å². The van der Waals surface area contributed by atoms with Crippen LogP contribution >= 0.6 is 11.3 Å². The number of fused-ring (bicyclic) bond motifs is 2. The zero-order chi connectivity index (χ0) is 17.6. The lowest BCUT2D eigenvalue weighted by atomic mass is 9.99. The largest absolute Gasteiger partial charge is 0.320 e. The van der Waals surface area contributed by atoms with E-state index in [4.69, 9.17) is 0 Å². The average molecular weight is 353 g/mol. The fraction of sp³-hybridized carbons (Fsp3) is 0.263. The molecule has 4 rings (SSSR count). The molecule has 0 saturated heterocycles. The van der Waals surface area contributed by atoms with E-state index in [1.54, 1.807) is 10.3 Å². The third kappa shape index (κ3) is 2.67. The molecule has 2 aliphatic heterocycles. The monoisotopic (exact) mass is 353 g/mol. The lowest BCUT2D eigenvalue weighted by molar-refractivity contribution is -0.114. The highest BCUT2D eigenvalue weighted by molar-refractivity contribution is 7.08. The molecule has 0 unspecified atom stereocenters. The summed E-state index contributed by atoms with van der Waals surface area (Å²) in [4.78, 5) is 29.9. The summed E-state index contributed by atoms with van der Waals surface area (Å²) in [5, 5.41) is 6.59. The Kier molecular flexibility index (Phi) is 3.94. The van der Waals surface area contributed by atoms with E-state index >= 15 is 0 Å². The van der Waals surface area contributed by atoms with E-state index in [9.17, 15) is 9.59 Å². The number of benzene rings is 1. The maximum absolute atomic E-state index is 13.5. The molecule has 0 aliphatic carbocycles. The van der Waals surface area contributed by atoms with Crippen molar-refractivity contribution in [3.8, 4) is 0 Å². The molecule has 2 aromatic rings. The summed E-state index contributed by atoms with van der Waals surface area (Å²) < 4.78 is 0. The average Bonchev–Trinajstić information content (AvgIpc) is 3.02. The van der Waals surface area contributed by atoms with Crippen molar-refractivity contribution in [1.29, 1.82) is 0 Å². The van der Waals surface area contributed by atoms with Crippen LogP contribution in [0.3, 0.4) is 0 Å². The summed E-state index contributed by atoms with van der Waals surface area (Å²) in [6.07, 6.45) is 0.723. The van der Waals surface area contributed by atoms with E-state index in [1.165, 1.54) is 11.3 Å². The number of nitrogens with one attached hydrogen (secondary N) is 1. The number of hydrogen-bond donors (Lipinski definition) is 1. The van der Waals surface area contributed by atoms with Gasteiger partial charge in [0.05, 0.1) is 22.6 Å². The summed E-state index contributed by atoms with van der Waals surface area (Å²) in [5.41, 5.74) is 4.53. The molecule has 0 saturated carbocycles. The second-order valence-electron chi connectivity index (χ2n) is 6.53. The molecular formula is C19H19N3O2S. The number of hydrogen-bond acceptors (Lipinski definition) is 4. The summed E-state index contributed by atoms with van der Waals surface area (Å²) in [6, 6.07) is 7.46. The molecule has 0 bridgehead atoms. The lowest BCUT2D eigenvalue weighted by Gasteiger charge is -2.29. The molecular weight excluding hydrogens is 334 g/mol. The third-order valence-corrected chi connectivity index (χ3v) is 5.48. The molecule has 2 amide bonds. The van der Waals surface area contributed by atoms with Gasteiger partial charge in [-0.15, -0.1) is 11.3 Å². The minimum absolute atomic E-state index is 0.0331. The molecule has 128 valence electrons. The second-order valence-corrected chi connectivity index (χ2v) is 7.27. The predicted octanol–water partition coefficient (Wildman–Crippen LogP) is 3.63. The van der Waals surface area contributed by atoms with E-state index in [2.05, 4.69) is 17.3 Å². The molecule has 0 fully saturated rings. The van der Waals surface area contributed by atoms with Crippen molar-refractivity contribution < 1.29 is 9.59 Å². The minimum Gasteiger partial charge on any atom is -0.320 e. The van der Waals surface area contributed by atoms with Crippen molar-refractivity contribution in [2.24, 2.45) is 0 Å². The number of thiophene rings is 1. The van der Waals surface area contributed by atoms with Crippen molar-refractivity contribution in [1.82, 2.24) is 4.90 Å². The van der Waals surface area contributed by atoms with Gasteiger partial charge in [-0.25, -0.2) is 0 Å². The summed E-state index contributed by atoms with van der Waals surface area (Å²) in [5.74, 6) is -0.206. The van der Waals surface area contributed by atoms with Gasteiger partial charge < -0.3 is 10.2 Å². The first-order valence-corrected chi connectivity index (χ1v) is 9.18. The van der Waals surface area contributed by atoms with E-state index in [1.807, 2.05) is 36.6 Å². The fourth-order valence-corrected chi connectivity index (χ4v) is 4.26. The number of anilines is 3. The Morgan fingerprint density at radius 1 is 1.20 bits per heavy atom. The number of rotatable bonds is 1. The zero-order valence-corrected chi connectivity index (χ0v) is 15.0.